The molecule has 0 amide bonds. The summed E-state index contributed by atoms with van der Waals surface area (Å²) in [6.07, 6.45) is 1.02. The number of halogens is 1. The van der Waals surface area contributed by atoms with E-state index in [-0.39, 0.29) is 35.9 Å². The van der Waals surface area contributed by atoms with E-state index in [4.69, 9.17) is 13.6 Å². The molecule has 8 heteroatoms. The van der Waals surface area contributed by atoms with Crippen LogP contribution in [0.2, 0.25) is 18.1 Å². The van der Waals surface area contributed by atoms with E-state index in [1.165, 1.54) is 6.07 Å². The van der Waals surface area contributed by atoms with E-state index in [9.17, 15) is 8.42 Å². The molecule has 5 nitrogen and oxygen atoms in total. The van der Waals surface area contributed by atoms with Crippen molar-refractivity contribution in [2.24, 2.45) is 0 Å². The van der Waals surface area contributed by atoms with Crippen LogP contribution in [0.3, 0.4) is 0 Å². The molecule has 0 atom stereocenters. The summed E-state index contributed by atoms with van der Waals surface area (Å²) < 4.78 is 50.8. The molecule has 0 fully saturated rings. The van der Waals surface area contributed by atoms with Gasteiger partial charge in [0.2, 0.25) is 0 Å². The summed E-state index contributed by atoms with van der Waals surface area (Å²) in [7, 11) is -5.85. The minimum absolute atomic E-state index is 0.00329. The predicted octanol–water partition coefficient (Wildman–Crippen LogP) is 7.13. The van der Waals surface area contributed by atoms with Crippen molar-refractivity contribution in [3.05, 3.63) is 52.6 Å². The molecule has 0 radical (unpaired) electrons. The first kappa shape index (κ1) is 28.6. The summed E-state index contributed by atoms with van der Waals surface area (Å²) in [6, 6.07) is 6.56. The molecule has 0 aliphatic rings. The second-order valence-electron chi connectivity index (χ2n) is 11.0. The number of hydrogen-bond acceptors (Lipinski definition) is 5. The maximum atomic E-state index is 15.2. The van der Waals surface area contributed by atoms with Gasteiger partial charge in [0.15, 0.2) is 8.32 Å². The van der Waals surface area contributed by atoms with Crippen LogP contribution in [-0.2, 0) is 31.9 Å². The van der Waals surface area contributed by atoms with Crippen molar-refractivity contribution in [2.45, 2.75) is 91.6 Å². The van der Waals surface area contributed by atoms with Gasteiger partial charge in [0.25, 0.3) is 10.1 Å². The van der Waals surface area contributed by atoms with Gasteiger partial charge >= 0.3 is 0 Å². The van der Waals surface area contributed by atoms with Crippen LogP contribution in [0.25, 0.3) is 11.1 Å². The summed E-state index contributed by atoms with van der Waals surface area (Å²) in [6.45, 7) is 19.0. The zero-order valence-corrected chi connectivity index (χ0v) is 24.1. The number of pyridine rings is 1. The average Bonchev–Trinajstić information content (AvgIpc) is 2.68. The van der Waals surface area contributed by atoms with Crippen molar-refractivity contribution >= 4 is 18.4 Å². The average molecular weight is 510 g/mol. The van der Waals surface area contributed by atoms with Gasteiger partial charge in [-0.3, -0.25) is 9.17 Å². The molecule has 2 aromatic rings. The Bertz CT molecular complexity index is 1120. The third-order valence-corrected chi connectivity index (χ3v) is 11.5. The van der Waals surface area contributed by atoms with Gasteiger partial charge in [-0.25, -0.2) is 4.39 Å². The van der Waals surface area contributed by atoms with E-state index in [1.54, 1.807) is 18.2 Å². The summed E-state index contributed by atoms with van der Waals surface area (Å²) >= 11 is 0. The van der Waals surface area contributed by atoms with Crippen LogP contribution in [-0.4, -0.2) is 28.0 Å². The van der Waals surface area contributed by atoms with Crippen LogP contribution in [0.4, 0.5) is 4.39 Å². The lowest BCUT2D eigenvalue weighted by Crippen LogP contribution is -2.40. The molecular weight excluding hydrogens is 469 g/mol. The van der Waals surface area contributed by atoms with Crippen molar-refractivity contribution in [3.63, 3.8) is 0 Å². The number of nitrogens with zero attached hydrogens (tertiary/aromatic N) is 1. The molecule has 0 bridgehead atoms. The summed E-state index contributed by atoms with van der Waals surface area (Å²) in [5.41, 5.74) is 3.95. The fourth-order valence-electron chi connectivity index (χ4n) is 3.57. The predicted molar refractivity (Wildman–Crippen MR) is 139 cm³/mol. The largest absolute Gasteiger partial charge is 0.412 e. The standard InChI is InChI=1S/C26H40FNO4SSi/c1-17(2)24-20(15-31-33(8,29)30)23(19-13-11-12-14-22(19)27)21(25(28-24)18(3)4)16-32-34(9,10)26(5,6)7/h11-14,17-18H,15-16H2,1-10H3. The zero-order chi connectivity index (χ0) is 26.1. The maximum Gasteiger partial charge on any atom is 0.264 e. The minimum atomic E-state index is -3.71. The molecule has 0 aliphatic heterocycles. The molecule has 1 aromatic carbocycles. The molecule has 1 aromatic heterocycles. The van der Waals surface area contributed by atoms with Crippen molar-refractivity contribution in [1.82, 2.24) is 4.98 Å². The highest BCUT2D eigenvalue weighted by atomic mass is 32.2. The minimum Gasteiger partial charge on any atom is -0.412 e. The van der Waals surface area contributed by atoms with Gasteiger partial charge in [0, 0.05) is 28.1 Å². The number of rotatable bonds is 9. The normalized spacial score (nSPS) is 13.2. The van der Waals surface area contributed by atoms with E-state index in [1.807, 2.05) is 13.8 Å². The van der Waals surface area contributed by atoms with E-state index in [0.717, 1.165) is 17.5 Å². The third kappa shape index (κ3) is 6.74. The fourth-order valence-corrected chi connectivity index (χ4v) is 4.84. The molecule has 34 heavy (non-hydrogen) atoms. The van der Waals surface area contributed by atoms with Gasteiger partial charge < -0.3 is 4.43 Å². The van der Waals surface area contributed by atoms with E-state index < -0.39 is 18.4 Å². The summed E-state index contributed by atoms with van der Waals surface area (Å²) in [4.78, 5) is 4.99. The number of aromatic nitrogens is 1. The Labute approximate surface area is 206 Å². The SMILES string of the molecule is CC(C)c1nc(C(C)C)c(COS(C)(=O)=O)c(-c2ccccc2F)c1CO[Si](C)(C)C(C)(C)C. The second kappa shape index (κ2) is 10.6. The van der Waals surface area contributed by atoms with Gasteiger partial charge in [-0.15, -0.1) is 0 Å². The molecule has 0 N–H and O–H groups in total. The highest BCUT2D eigenvalue weighted by Crippen LogP contribution is 2.41. The molecule has 0 saturated heterocycles. The highest BCUT2D eigenvalue weighted by Gasteiger charge is 2.38. The molecule has 190 valence electrons. The maximum absolute atomic E-state index is 15.2. The number of hydrogen-bond donors (Lipinski definition) is 0. The van der Waals surface area contributed by atoms with Gasteiger partial charge in [0.05, 0.1) is 19.5 Å². The quantitative estimate of drug-likeness (QED) is 0.266. The lowest BCUT2D eigenvalue weighted by atomic mass is 9.87. The van der Waals surface area contributed by atoms with Crippen LogP contribution in [0.5, 0.6) is 0 Å². The zero-order valence-electron chi connectivity index (χ0n) is 22.2. The van der Waals surface area contributed by atoms with Gasteiger partial charge in [-0.2, -0.15) is 8.42 Å². The molecule has 0 aliphatic carbocycles. The fraction of sp³-hybridized carbons (Fsp3) is 0.577. The lowest BCUT2D eigenvalue weighted by Gasteiger charge is -2.37. The smallest absolute Gasteiger partial charge is 0.264 e. The third-order valence-electron chi connectivity index (χ3n) is 6.50. The lowest BCUT2D eigenvalue weighted by molar-refractivity contribution is 0.273. The first-order valence-electron chi connectivity index (χ1n) is 11.7. The van der Waals surface area contributed by atoms with Crippen LogP contribution in [0.15, 0.2) is 24.3 Å². The topological polar surface area (TPSA) is 65.5 Å². The summed E-state index contributed by atoms with van der Waals surface area (Å²) in [5, 5.41) is -0.00329. The van der Waals surface area contributed by atoms with Crippen LogP contribution >= 0.6 is 0 Å². The van der Waals surface area contributed by atoms with Crippen LogP contribution in [0, 0.1) is 5.82 Å². The van der Waals surface area contributed by atoms with E-state index >= 15 is 4.39 Å². The van der Waals surface area contributed by atoms with Crippen molar-refractivity contribution < 1.29 is 21.4 Å². The van der Waals surface area contributed by atoms with Crippen molar-refractivity contribution in [3.8, 4) is 11.1 Å². The Balaban J connectivity index is 2.90. The highest BCUT2D eigenvalue weighted by molar-refractivity contribution is 7.85. The first-order valence-corrected chi connectivity index (χ1v) is 16.5. The molecule has 1 heterocycles. The molecule has 0 saturated carbocycles. The van der Waals surface area contributed by atoms with Crippen LogP contribution in [0.1, 0.15) is 82.8 Å². The Hall–Kier alpha value is -1.61. The van der Waals surface area contributed by atoms with E-state index in [0.29, 0.717) is 22.4 Å². The van der Waals surface area contributed by atoms with Crippen molar-refractivity contribution in [1.29, 1.82) is 0 Å². The Kier molecular flexibility index (Phi) is 8.89. The van der Waals surface area contributed by atoms with Crippen molar-refractivity contribution in [2.75, 3.05) is 6.26 Å². The molecular formula is C26H40FNO4SSi. The first-order chi connectivity index (χ1) is 15.5. The van der Waals surface area contributed by atoms with Gasteiger partial charge in [-0.05, 0) is 41.6 Å². The van der Waals surface area contributed by atoms with Gasteiger partial charge in [0.1, 0.15) is 5.82 Å². The van der Waals surface area contributed by atoms with E-state index in [2.05, 4.69) is 47.7 Å². The second-order valence-corrected chi connectivity index (χ2v) is 17.5. The molecule has 2 rings (SSSR count). The van der Waals surface area contributed by atoms with Gasteiger partial charge in [-0.1, -0.05) is 66.7 Å². The Morgan fingerprint density at radius 2 is 1.47 bits per heavy atom. The Morgan fingerprint density at radius 1 is 0.971 bits per heavy atom. The van der Waals surface area contributed by atoms with Crippen LogP contribution < -0.4 is 0 Å². The monoisotopic (exact) mass is 509 g/mol. The molecule has 0 unspecified atom stereocenters. The summed E-state index contributed by atoms with van der Waals surface area (Å²) in [5.74, 6) is -0.338. The Morgan fingerprint density at radius 3 is 1.91 bits per heavy atom. The molecule has 0 spiro atoms. The number of benzene rings is 1.